The van der Waals surface area contributed by atoms with Crippen molar-refractivity contribution in [1.29, 1.82) is 0 Å². The molecule has 6 nitrogen and oxygen atoms in total. The molecular weight excluding hydrogens is 464 g/mol. The van der Waals surface area contributed by atoms with Crippen LogP contribution in [-0.2, 0) is 9.59 Å². The van der Waals surface area contributed by atoms with E-state index in [0.717, 1.165) is 11.3 Å². The van der Waals surface area contributed by atoms with Crippen LogP contribution in [0.3, 0.4) is 0 Å². The van der Waals surface area contributed by atoms with E-state index in [4.69, 9.17) is 16.3 Å². The van der Waals surface area contributed by atoms with Crippen molar-refractivity contribution in [2.24, 2.45) is 0 Å². The van der Waals surface area contributed by atoms with Crippen LogP contribution in [0.25, 0.3) is 5.76 Å². The van der Waals surface area contributed by atoms with Crippen LogP contribution in [0.15, 0.2) is 66.5 Å². The first-order valence-electron chi connectivity index (χ1n) is 11.5. The smallest absolute Gasteiger partial charge is 0.300 e. The van der Waals surface area contributed by atoms with E-state index in [2.05, 4.69) is 4.98 Å². The van der Waals surface area contributed by atoms with Crippen molar-refractivity contribution in [3.05, 3.63) is 93.8 Å². The highest BCUT2D eigenvalue weighted by atomic mass is 35.5. The van der Waals surface area contributed by atoms with Gasteiger partial charge >= 0.3 is 0 Å². The zero-order chi connectivity index (χ0) is 25.3. The number of rotatable bonds is 6. The second-order valence-corrected chi connectivity index (χ2v) is 9.09. The van der Waals surface area contributed by atoms with E-state index in [1.807, 2.05) is 26.8 Å². The average Bonchev–Trinajstić information content (AvgIpc) is 3.11. The minimum Gasteiger partial charge on any atom is -0.507 e. The maximum absolute atomic E-state index is 13.4. The van der Waals surface area contributed by atoms with Crippen LogP contribution in [0, 0.1) is 6.92 Å². The number of Topliss-reactive ketones (excluding diaryl/α,β-unsaturated/α-hetero) is 1. The number of nitrogens with zero attached hydrogens (tertiary/aromatic N) is 2. The Morgan fingerprint density at radius 2 is 1.94 bits per heavy atom. The Morgan fingerprint density at radius 3 is 2.60 bits per heavy atom. The van der Waals surface area contributed by atoms with Crippen LogP contribution < -0.4 is 9.64 Å². The fourth-order valence-corrected chi connectivity index (χ4v) is 4.55. The fraction of sp³-hybridized carbons (Fsp3) is 0.250. The molecule has 1 saturated heterocycles. The summed E-state index contributed by atoms with van der Waals surface area (Å²) in [5.74, 6) is -0.909. The molecule has 2 aromatic carbocycles. The highest BCUT2D eigenvalue weighted by Crippen LogP contribution is 2.44. The molecule has 35 heavy (non-hydrogen) atoms. The van der Waals surface area contributed by atoms with Crippen molar-refractivity contribution < 1.29 is 19.4 Å². The van der Waals surface area contributed by atoms with E-state index >= 15 is 0 Å². The number of benzene rings is 2. The number of amides is 1. The zero-order valence-corrected chi connectivity index (χ0v) is 20.8. The monoisotopic (exact) mass is 490 g/mol. The van der Waals surface area contributed by atoms with Gasteiger partial charge < -0.3 is 9.84 Å². The third-order valence-corrected chi connectivity index (χ3v) is 6.56. The van der Waals surface area contributed by atoms with Gasteiger partial charge in [0.1, 0.15) is 11.5 Å². The first kappa shape index (κ1) is 24.5. The Labute approximate surface area is 209 Å². The minimum absolute atomic E-state index is 0.00115. The maximum atomic E-state index is 13.4. The number of hydrogen-bond donors (Lipinski definition) is 1. The molecule has 0 saturated carbocycles. The second kappa shape index (κ2) is 9.92. The first-order valence-corrected chi connectivity index (χ1v) is 11.9. The standard InChI is InChI=1S/C28H27ClN2O4/c1-5-35-23-12-11-18(14-20(23)16(2)3)26(32)24-25(19-8-7-13-30-15-19)31(28(34)27(24)33)22-10-6-9-21(29)17(22)4/h6-16,25,32H,5H2,1-4H3/b26-24+. The number of aromatic nitrogens is 1. The number of aliphatic hydroxyl groups is 1. The highest BCUT2D eigenvalue weighted by molar-refractivity contribution is 6.52. The summed E-state index contributed by atoms with van der Waals surface area (Å²) < 4.78 is 5.74. The lowest BCUT2D eigenvalue weighted by molar-refractivity contribution is -0.132. The summed E-state index contributed by atoms with van der Waals surface area (Å²) in [5.41, 5.74) is 3.10. The van der Waals surface area contributed by atoms with Crippen molar-refractivity contribution in [1.82, 2.24) is 4.98 Å². The molecule has 1 aliphatic heterocycles. The molecule has 4 rings (SSSR count). The second-order valence-electron chi connectivity index (χ2n) is 8.68. The molecule has 0 aliphatic carbocycles. The van der Waals surface area contributed by atoms with Gasteiger partial charge in [-0.2, -0.15) is 0 Å². The third kappa shape index (κ3) is 4.42. The summed E-state index contributed by atoms with van der Waals surface area (Å²) in [6.45, 7) is 8.26. The van der Waals surface area contributed by atoms with Crippen LogP contribution in [-0.4, -0.2) is 28.4 Å². The summed E-state index contributed by atoms with van der Waals surface area (Å²) in [6, 6.07) is 13.1. The van der Waals surface area contributed by atoms with Crippen molar-refractivity contribution in [2.45, 2.75) is 39.7 Å². The first-order chi connectivity index (χ1) is 16.8. The molecule has 1 unspecified atom stereocenters. The lowest BCUT2D eigenvalue weighted by Crippen LogP contribution is -2.30. The van der Waals surface area contributed by atoms with Crippen LogP contribution in [0.4, 0.5) is 5.69 Å². The predicted octanol–water partition coefficient (Wildman–Crippen LogP) is 6.19. The van der Waals surface area contributed by atoms with Crippen LogP contribution in [0.5, 0.6) is 5.75 Å². The number of ketones is 1. The molecule has 3 aromatic rings. The van der Waals surface area contributed by atoms with Crippen molar-refractivity contribution in [2.75, 3.05) is 11.5 Å². The van der Waals surface area contributed by atoms with Gasteiger partial charge in [-0.1, -0.05) is 37.6 Å². The molecule has 0 bridgehead atoms. The summed E-state index contributed by atoms with van der Waals surface area (Å²) in [4.78, 5) is 32.3. The molecule has 1 amide bonds. The van der Waals surface area contributed by atoms with Gasteiger partial charge in [-0.3, -0.25) is 19.5 Å². The Bertz CT molecular complexity index is 1320. The Hall–Kier alpha value is -3.64. The fourth-order valence-electron chi connectivity index (χ4n) is 4.38. The molecule has 2 heterocycles. The van der Waals surface area contributed by atoms with Gasteiger partial charge in [0.25, 0.3) is 11.7 Å². The topological polar surface area (TPSA) is 79.7 Å². The lowest BCUT2D eigenvalue weighted by atomic mass is 9.93. The molecule has 1 aliphatic rings. The zero-order valence-electron chi connectivity index (χ0n) is 20.1. The van der Waals surface area contributed by atoms with Crippen molar-refractivity contribution >= 4 is 34.7 Å². The molecule has 0 spiro atoms. The molecule has 1 fully saturated rings. The minimum atomic E-state index is -0.866. The van der Waals surface area contributed by atoms with E-state index in [9.17, 15) is 14.7 Å². The lowest BCUT2D eigenvalue weighted by Gasteiger charge is -2.27. The van der Waals surface area contributed by atoms with Crippen LogP contribution >= 0.6 is 11.6 Å². The predicted molar refractivity (Wildman–Crippen MR) is 137 cm³/mol. The van der Waals surface area contributed by atoms with Gasteiger partial charge in [-0.15, -0.1) is 0 Å². The normalized spacial score (nSPS) is 17.3. The SMILES string of the molecule is CCOc1ccc(/C(O)=C2\C(=O)C(=O)N(c3cccc(Cl)c3C)C2c2cccnc2)cc1C(C)C. The molecule has 0 radical (unpaired) electrons. The van der Waals surface area contributed by atoms with Gasteiger partial charge in [0.05, 0.1) is 18.2 Å². The number of ether oxygens (including phenoxy) is 1. The molecule has 1 N–H and O–H groups in total. The van der Waals surface area contributed by atoms with Gasteiger partial charge in [-0.25, -0.2) is 0 Å². The van der Waals surface area contributed by atoms with Gasteiger partial charge in [0.2, 0.25) is 0 Å². The Balaban J connectivity index is 1.95. The van der Waals surface area contributed by atoms with Crippen molar-refractivity contribution in [3.63, 3.8) is 0 Å². The number of aliphatic hydroxyl groups excluding tert-OH is 1. The number of anilines is 1. The largest absolute Gasteiger partial charge is 0.507 e. The molecule has 180 valence electrons. The van der Waals surface area contributed by atoms with Crippen LogP contribution in [0.1, 0.15) is 55.0 Å². The maximum Gasteiger partial charge on any atom is 0.300 e. The van der Waals surface area contributed by atoms with E-state index < -0.39 is 17.7 Å². The van der Waals surface area contributed by atoms with Crippen molar-refractivity contribution in [3.8, 4) is 5.75 Å². The average molecular weight is 491 g/mol. The molecule has 1 aromatic heterocycles. The van der Waals surface area contributed by atoms with E-state index in [0.29, 0.717) is 34.0 Å². The van der Waals surface area contributed by atoms with Crippen LogP contribution in [0.2, 0.25) is 5.02 Å². The Morgan fingerprint density at radius 1 is 1.17 bits per heavy atom. The number of carbonyl (C=O) groups excluding carboxylic acids is 2. The van der Waals surface area contributed by atoms with Gasteiger partial charge in [0, 0.05) is 28.7 Å². The number of halogens is 1. The highest BCUT2D eigenvalue weighted by Gasteiger charge is 2.47. The summed E-state index contributed by atoms with van der Waals surface area (Å²) in [5, 5.41) is 11.9. The summed E-state index contributed by atoms with van der Waals surface area (Å²) >= 11 is 6.34. The summed E-state index contributed by atoms with van der Waals surface area (Å²) in [7, 11) is 0. The molecule has 7 heteroatoms. The van der Waals surface area contributed by atoms with Gasteiger partial charge in [0.15, 0.2) is 0 Å². The van der Waals surface area contributed by atoms with E-state index in [1.165, 1.54) is 4.90 Å². The number of hydrogen-bond acceptors (Lipinski definition) is 5. The molecular formula is C28H27ClN2O4. The van der Waals surface area contributed by atoms with Gasteiger partial charge in [-0.05, 0) is 72.9 Å². The van der Waals surface area contributed by atoms with E-state index in [1.54, 1.807) is 61.8 Å². The quantitative estimate of drug-likeness (QED) is 0.253. The van der Waals surface area contributed by atoms with E-state index in [-0.39, 0.29) is 17.3 Å². The molecule has 1 atom stereocenters. The Kier molecular flexibility index (Phi) is 6.94. The number of pyridine rings is 1. The number of carbonyl (C=O) groups is 2. The summed E-state index contributed by atoms with van der Waals surface area (Å²) in [6.07, 6.45) is 3.20. The third-order valence-electron chi connectivity index (χ3n) is 6.15.